The van der Waals surface area contributed by atoms with Crippen LogP contribution in [0.3, 0.4) is 0 Å². The first-order valence-electron chi connectivity index (χ1n) is 4.75. The lowest BCUT2D eigenvalue weighted by Gasteiger charge is -2.06. The van der Waals surface area contributed by atoms with Crippen molar-refractivity contribution < 1.29 is 0 Å². The summed E-state index contributed by atoms with van der Waals surface area (Å²) in [4.78, 5) is 0. The zero-order valence-corrected chi connectivity index (χ0v) is 9.14. The highest BCUT2D eigenvalue weighted by Crippen LogP contribution is 2.24. The fraction of sp³-hybridized carbons (Fsp3) is 0.0769. The molecule has 0 aliphatic carbocycles. The molecule has 0 N–H and O–H groups in total. The van der Waals surface area contributed by atoms with Crippen LogP contribution in [0.25, 0.3) is 11.1 Å². The minimum atomic E-state index is 1.01. The van der Waals surface area contributed by atoms with Gasteiger partial charge in [0.15, 0.2) is 0 Å². The molecule has 0 saturated heterocycles. The van der Waals surface area contributed by atoms with Crippen LogP contribution in [0.1, 0.15) is 5.56 Å². The van der Waals surface area contributed by atoms with Gasteiger partial charge in [-0.25, -0.2) is 0 Å². The van der Waals surface area contributed by atoms with Gasteiger partial charge < -0.3 is 0 Å². The summed E-state index contributed by atoms with van der Waals surface area (Å²) in [5, 5.41) is 0. The maximum absolute atomic E-state index is 2.78. The van der Waals surface area contributed by atoms with Crippen LogP contribution in [0, 0.1) is 0 Å². The smallest absolute Gasteiger partial charge is 0.0122 e. The van der Waals surface area contributed by atoms with E-state index in [2.05, 4.69) is 57.8 Å². The van der Waals surface area contributed by atoms with E-state index in [0.29, 0.717) is 0 Å². The third kappa shape index (κ3) is 1.86. The molecule has 2 rings (SSSR count). The van der Waals surface area contributed by atoms with Crippen molar-refractivity contribution in [2.75, 3.05) is 0 Å². The molecule has 1 heteroatoms. The Hall–Kier alpha value is -1.13. The van der Waals surface area contributed by atoms with Gasteiger partial charge in [-0.05, 0) is 22.9 Å². The molecule has 0 radical (unpaired) electrons. The fourth-order valence-corrected chi connectivity index (χ4v) is 1.95. The Balaban J connectivity index is 2.51. The van der Waals surface area contributed by atoms with Gasteiger partial charge >= 0.3 is 0 Å². The Bertz CT molecular complexity index is 407. The van der Waals surface area contributed by atoms with Gasteiger partial charge in [-0.1, -0.05) is 54.6 Å². The molecule has 0 spiro atoms. The summed E-state index contributed by atoms with van der Waals surface area (Å²) in [6.45, 7) is 0. The number of hydrogen-bond acceptors (Lipinski definition) is 0. The van der Waals surface area contributed by atoms with Crippen LogP contribution in [-0.2, 0) is 6.16 Å². The normalized spacial score (nSPS) is 10.1. The van der Waals surface area contributed by atoms with Gasteiger partial charge in [-0.2, -0.15) is 0 Å². The third-order valence-corrected chi connectivity index (χ3v) is 2.76. The molecule has 0 aliphatic heterocycles. The Kier molecular flexibility index (Phi) is 2.96. The van der Waals surface area contributed by atoms with Crippen LogP contribution in [0.2, 0.25) is 0 Å². The minimum absolute atomic E-state index is 1.01. The second-order valence-electron chi connectivity index (χ2n) is 3.23. The van der Waals surface area contributed by atoms with Crippen molar-refractivity contribution in [2.24, 2.45) is 0 Å². The van der Waals surface area contributed by atoms with Crippen LogP contribution >= 0.6 is 9.24 Å². The Morgan fingerprint density at radius 1 is 0.786 bits per heavy atom. The van der Waals surface area contributed by atoms with Crippen LogP contribution in [0.4, 0.5) is 0 Å². The summed E-state index contributed by atoms with van der Waals surface area (Å²) in [6, 6.07) is 19.0. The maximum Gasteiger partial charge on any atom is -0.0122 e. The van der Waals surface area contributed by atoms with E-state index >= 15 is 0 Å². The molecule has 0 fully saturated rings. The molecule has 0 bridgehead atoms. The fourth-order valence-electron chi connectivity index (χ4n) is 1.60. The van der Waals surface area contributed by atoms with Crippen LogP contribution in [0.5, 0.6) is 0 Å². The zero-order valence-electron chi connectivity index (χ0n) is 7.98. The second kappa shape index (κ2) is 4.39. The van der Waals surface area contributed by atoms with Crippen molar-refractivity contribution in [1.29, 1.82) is 0 Å². The van der Waals surface area contributed by atoms with Gasteiger partial charge in [0.25, 0.3) is 0 Å². The van der Waals surface area contributed by atoms with E-state index in [0.717, 1.165) is 6.16 Å². The summed E-state index contributed by atoms with van der Waals surface area (Å²) in [7, 11) is 2.78. The summed E-state index contributed by atoms with van der Waals surface area (Å²) < 4.78 is 0. The highest BCUT2D eigenvalue weighted by Gasteiger charge is 2.00. The highest BCUT2D eigenvalue weighted by atomic mass is 31.0. The van der Waals surface area contributed by atoms with Crippen LogP contribution in [-0.4, -0.2) is 0 Å². The van der Waals surface area contributed by atoms with Gasteiger partial charge in [0, 0.05) is 0 Å². The van der Waals surface area contributed by atoms with Crippen molar-refractivity contribution in [3.05, 3.63) is 60.2 Å². The number of hydrogen-bond donors (Lipinski definition) is 0. The van der Waals surface area contributed by atoms with E-state index in [4.69, 9.17) is 0 Å². The van der Waals surface area contributed by atoms with Gasteiger partial charge in [0.1, 0.15) is 0 Å². The molecule has 0 saturated carbocycles. The number of benzene rings is 2. The summed E-state index contributed by atoms with van der Waals surface area (Å²) in [6.07, 6.45) is 1.01. The van der Waals surface area contributed by atoms with E-state index < -0.39 is 0 Å². The minimum Gasteiger partial charge on any atom is -0.133 e. The lowest BCUT2D eigenvalue weighted by molar-refractivity contribution is 1.41. The average Bonchev–Trinajstić information content (AvgIpc) is 2.30. The second-order valence-corrected chi connectivity index (χ2v) is 3.64. The van der Waals surface area contributed by atoms with Crippen molar-refractivity contribution in [3.8, 4) is 11.1 Å². The molecule has 0 heterocycles. The number of rotatable bonds is 2. The topological polar surface area (TPSA) is 0 Å². The average molecular weight is 200 g/mol. The van der Waals surface area contributed by atoms with Crippen molar-refractivity contribution in [1.82, 2.24) is 0 Å². The summed E-state index contributed by atoms with van der Waals surface area (Å²) in [5.74, 6) is 0. The van der Waals surface area contributed by atoms with E-state index in [1.165, 1.54) is 16.7 Å². The first-order valence-corrected chi connectivity index (χ1v) is 5.57. The largest absolute Gasteiger partial charge is 0.133 e. The summed E-state index contributed by atoms with van der Waals surface area (Å²) >= 11 is 0. The standard InChI is InChI=1S/C13H13P/c14-10-12-8-4-5-9-13(12)11-6-2-1-3-7-11/h1-9H,10,14H2. The molecule has 2 aromatic rings. The molecule has 70 valence electrons. The molecule has 0 aliphatic rings. The molecule has 0 amide bonds. The lowest BCUT2D eigenvalue weighted by atomic mass is 10.0. The van der Waals surface area contributed by atoms with E-state index in [1.54, 1.807) is 0 Å². The predicted octanol–water partition coefficient (Wildman–Crippen LogP) is 3.73. The monoisotopic (exact) mass is 200 g/mol. The van der Waals surface area contributed by atoms with E-state index in [1.807, 2.05) is 6.07 Å². The lowest BCUT2D eigenvalue weighted by Crippen LogP contribution is -1.84. The first-order chi connectivity index (χ1) is 6.92. The van der Waals surface area contributed by atoms with Crippen molar-refractivity contribution in [2.45, 2.75) is 6.16 Å². The predicted molar refractivity (Wildman–Crippen MR) is 65.3 cm³/mol. The van der Waals surface area contributed by atoms with Gasteiger partial charge in [0.05, 0.1) is 0 Å². The highest BCUT2D eigenvalue weighted by molar-refractivity contribution is 7.15. The Labute approximate surface area is 87.2 Å². The molecule has 0 nitrogen and oxygen atoms in total. The van der Waals surface area contributed by atoms with Crippen molar-refractivity contribution in [3.63, 3.8) is 0 Å². The quantitative estimate of drug-likeness (QED) is 0.648. The molecule has 1 unspecified atom stereocenters. The molecule has 14 heavy (non-hydrogen) atoms. The molecular formula is C13H13P. The Morgan fingerprint density at radius 3 is 2.14 bits per heavy atom. The van der Waals surface area contributed by atoms with Crippen LogP contribution < -0.4 is 0 Å². The molecule has 1 atom stereocenters. The van der Waals surface area contributed by atoms with E-state index in [9.17, 15) is 0 Å². The van der Waals surface area contributed by atoms with Gasteiger partial charge in [0.2, 0.25) is 0 Å². The third-order valence-electron chi connectivity index (χ3n) is 2.32. The Morgan fingerprint density at radius 2 is 1.43 bits per heavy atom. The maximum atomic E-state index is 2.78. The van der Waals surface area contributed by atoms with Crippen molar-refractivity contribution >= 4 is 9.24 Å². The SMILES string of the molecule is PCc1ccccc1-c1ccccc1. The molecule has 0 aromatic heterocycles. The van der Waals surface area contributed by atoms with Crippen LogP contribution in [0.15, 0.2) is 54.6 Å². The zero-order chi connectivity index (χ0) is 9.80. The summed E-state index contributed by atoms with van der Waals surface area (Å²) in [5.41, 5.74) is 4.01. The molecule has 2 aromatic carbocycles. The van der Waals surface area contributed by atoms with Gasteiger partial charge in [-0.3, -0.25) is 0 Å². The van der Waals surface area contributed by atoms with Gasteiger partial charge in [-0.15, -0.1) is 9.24 Å². The van der Waals surface area contributed by atoms with E-state index in [-0.39, 0.29) is 0 Å². The first kappa shape index (κ1) is 9.43. The molecular weight excluding hydrogens is 187 g/mol.